The molecule has 0 atom stereocenters. The van der Waals surface area contributed by atoms with Gasteiger partial charge in [-0.25, -0.2) is 0 Å². The van der Waals surface area contributed by atoms with E-state index >= 15 is 0 Å². The van der Waals surface area contributed by atoms with Gasteiger partial charge in [-0.15, -0.1) is 0 Å². The number of carbonyl (C=O) groups excluding carboxylic acids is 2. The third-order valence-corrected chi connectivity index (χ3v) is 5.39. The van der Waals surface area contributed by atoms with Gasteiger partial charge in [-0.05, 0) is 55.3 Å². The molecule has 1 aliphatic rings. The number of nitrogens with one attached hydrogen (secondary N) is 2. The molecule has 1 saturated heterocycles. The van der Waals surface area contributed by atoms with Crippen LogP contribution in [-0.4, -0.2) is 49.4 Å². The van der Waals surface area contributed by atoms with Crippen LogP contribution in [0.3, 0.4) is 0 Å². The number of carbonyl (C=O) groups is 2. The van der Waals surface area contributed by atoms with Crippen molar-refractivity contribution in [3.8, 4) is 0 Å². The zero-order valence-electron chi connectivity index (χ0n) is 15.7. The summed E-state index contributed by atoms with van der Waals surface area (Å²) in [6.45, 7) is 7.28. The number of anilines is 1. The van der Waals surface area contributed by atoms with Crippen LogP contribution >= 0.6 is 11.6 Å². The molecule has 0 spiro atoms. The zero-order valence-corrected chi connectivity index (χ0v) is 16.5. The lowest BCUT2D eigenvalue weighted by molar-refractivity contribution is -0.895. The predicted octanol–water partition coefficient (Wildman–Crippen LogP) is 1.94. The van der Waals surface area contributed by atoms with Crippen molar-refractivity contribution in [1.29, 1.82) is 0 Å². The number of benzene rings is 2. The van der Waals surface area contributed by atoms with E-state index in [0.29, 0.717) is 30.2 Å². The fourth-order valence-electron chi connectivity index (χ4n) is 3.29. The van der Waals surface area contributed by atoms with Crippen LogP contribution in [0.1, 0.15) is 21.5 Å². The van der Waals surface area contributed by atoms with E-state index in [9.17, 15) is 9.59 Å². The van der Waals surface area contributed by atoms with E-state index in [0.717, 1.165) is 29.9 Å². The maximum absolute atomic E-state index is 12.5. The molecule has 5 nitrogen and oxygen atoms in total. The maximum Gasteiger partial charge on any atom is 0.279 e. The first-order valence-corrected chi connectivity index (χ1v) is 9.56. The molecule has 0 bridgehead atoms. The SMILES string of the molecule is Cc1cccc(NC(=O)C[NH+]2CCN(C(=O)c3ccc(Cl)cc3)CC2)c1C. The molecule has 2 aromatic rings. The molecule has 0 aliphatic carbocycles. The van der Waals surface area contributed by atoms with E-state index in [1.165, 1.54) is 4.90 Å². The third-order valence-electron chi connectivity index (χ3n) is 5.14. The summed E-state index contributed by atoms with van der Waals surface area (Å²) < 4.78 is 0. The fourth-order valence-corrected chi connectivity index (χ4v) is 3.41. The number of halogens is 1. The summed E-state index contributed by atoms with van der Waals surface area (Å²) in [6, 6.07) is 12.9. The average molecular weight is 387 g/mol. The van der Waals surface area contributed by atoms with E-state index < -0.39 is 0 Å². The van der Waals surface area contributed by atoms with Crippen molar-refractivity contribution in [2.45, 2.75) is 13.8 Å². The molecule has 27 heavy (non-hydrogen) atoms. The van der Waals surface area contributed by atoms with Gasteiger partial charge in [0, 0.05) is 16.3 Å². The standard InChI is InChI=1S/C21H24ClN3O2/c1-15-4-3-5-19(16(15)2)23-20(26)14-24-10-12-25(13-11-24)21(27)17-6-8-18(22)9-7-17/h3-9H,10-14H2,1-2H3,(H,23,26)/p+1. The highest BCUT2D eigenvalue weighted by atomic mass is 35.5. The normalized spacial score (nSPS) is 14.9. The second kappa shape index (κ2) is 8.55. The minimum absolute atomic E-state index is 0.0103. The van der Waals surface area contributed by atoms with Gasteiger partial charge in [-0.3, -0.25) is 9.59 Å². The molecule has 0 radical (unpaired) electrons. The Bertz CT molecular complexity index is 828. The van der Waals surface area contributed by atoms with Crippen molar-refractivity contribution in [2.24, 2.45) is 0 Å². The fraction of sp³-hybridized carbons (Fsp3) is 0.333. The van der Waals surface area contributed by atoms with Crippen molar-refractivity contribution >= 4 is 29.1 Å². The Morgan fingerprint density at radius 2 is 1.74 bits per heavy atom. The molecule has 3 rings (SSSR count). The van der Waals surface area contributed by atoms with Crippen molar-refractivity contribution < 1.29 is 14.5 Å². The average Bonchev–Trinajstić information content (AvgIpc) is 2.66. The molecule has 0 saturated carbocycles. The number of hydrogen-bond donors (Lipinski definition) is 2. The van der Waals surface area contributed by atoms with Gasteiger partial charge < -0.3 is 15.1 Å². The van der Waals surface area contributed by atoms with Crippen molar-refractivity contribution in [3.63, 3.8) is 0 Å². The van der Waals surface area contributed by atoms with Crippen LogP contribution in [0.5, 0.6) is 0 Å². The minimum Gasteiger partial charge on any atom is -0.327 e. The summed E-state index contributed by atoms with van der Waals surface area (Å²) in [6.07, 6.45) is 0. The molecule has 1 heterocycles. The number of amides is 2. The largest absolute Gasteiger partial charge is 0.327 e. The first kappa shape index (κ1) is 19.4. The Morgan fingerprint density at radius 3 is 2.41 bits per heavy atom. The van der Waals surface area contributed by atoms with Gasteiger partial charge in [0.2, 0.25) is 0 Å². The van der Waals surface area contributed by atoms with Crippen LogP contribution in [0.4, 0.5) is 5.69 Å². The number of piperazine rings is 1. The molecule has 1 fully saturated rings. The van der Waals surface area contributed by atoms with E-state index in [2.05, 4.69) is 5.32 Å². The van der Waals surface area contributed by atoms with Crippen LogP contribution in [0.25, 0.3) is 0 Å². The second-order valence-electron chi connectivity index (χ2n) is 7.02. The molecule has 142 valence electrons. The summed E-state index contributed by atoms with van der Waals surface area (Å²) in [4.78, 5) is 28.0. The van der Waals surface area contributed by atoms with Crippen LogP contribution in [0.2, 0.25) is 5.02 Å². The molecule has 6 heteroatoms. The van der Waals surface area contributed by atoms with Gasteiger partial charge >= 0.3 is 0 Å². The molecule has 0 aromatic heterocycles. The first-order chi connectivity index (χ1) is 12.9. The number of rotatable bonds is 4. The lowest BCUT2D eigenvalue weighted by Gasteiger charge is -2.32. The monoisotopic (exact) mass is 386 g/mol. The molecule has 0 unspecified atom stereocenters. The third kappa shape index (κ3) is 4.87. The number of nitrogens with zero attached hydrogens (tertiary/aromatic N) is 1. The molecule has 2 amide bonds. The van der Waals surface area contributed by atoms with Crippen molar-refractivity contribution in [1.82, 2.24) is 4.90 Å². The smallest absolute Gasteiger partial charge is 0.279 e. The summed E-state index contributed by atoms with van der Waals surface area (Å²) in [5.41, 5.74) is 3.78. The van der Waals surface area contributed by atoms with Gasteiger partial charge in [0.25, 0.3) is 11.8 Å². The summed E-state index contributed by atoms with van der Waals surface area (Å²) >= 11 is 5.88. The van der Waals surface area contributed by atoms with Gasteiger partial charge in [0.05, 0.1) is 26.2 Å². The van der Waals surface area contributed by atoms with E-state index in [-0.39, 0.29) is 11.8 Å². The predicted molar refractivity (Wildman–Crippen MR) is 107 cm³/mol. The Hall–Kier alpha value is -2.37. The van der Waals surface area contributed by atoms with Crippen LogP contribution in [0, 0.1) is 13.8 Å². The van der Waals surface area contributed by atoms with Crippen LogP contribution in [0.15, 0.2) is 42.5 Å². The van der Waals surface area contributed by atoms with E-state index in [1.54, 1.807) is 24.3 Å². The maximum atomic E-state index is 12.5. The number of hydrogen-bond acceptors (Lipinski definition) is 2. The van der Waals surface area contributed by atoms with Crippen LogP contribution < -0.4 is 10.2 Å². The lowest BCUT2D eigenvalue weighted by Crippen LogP contribution is -3.15. The van der Waals surface area contributed by atoms with Crippen LogP contribution in [-0.2, 0) is 4.79 Å². The van der Waals surface area contributed by atoms with Gasteiger partial charge in [-0.2, -0.15) is 0 Å². The highest BCUT2D eigenvalue weighted by Gasteiger charge is 2.26. The van der Waals surface area contributed by atoms with E-state index in [4.69, 9.17) is 11.6 Å². The molecule has 2 N–H and O–H groups in total. The molecule has 2 aromatic carbocycles. The topological polar surface area (TPSA) is 53.9 Å². The number of quaternary nitrogens is 1. The summed E-state index contributed by atoms with van der Waals surface area (Å²) in [7, 11) is 0. The Kier molecular flexibility index (Phi) is 6.14. The molecular weight excluding hydrogens is 362 g/mol. The quantitative estimate of drug-likeness (QED) is 0.843. The summed E-state index contributed by atoms with van der Waals surface area (Å²) in [5.74, 6) is 0.0294. The number of aryl methyl sites for hydroxylation is 1. The van der Waals surface area contributed by atoms with Crippen molar-refractivity contribution in [2.75, 3.05) is 38.0 Å². The molecule has 1 aliphatic heterocycles. The Labute approximate surface area is 164 Å². The van der Waals surface area contributed by atoms with Gasteiger partial charge in [0.1, 0.15) is 0 Å². The zero-order chi connectivity index (χ0) is 19.4. The van der Waals surface area contributed by atoms with Gasteiger partial charge in [-0.1, -0.05) is 23.7 Å². The minimum atomic E-state index is 0.0103. The highest BCUT2D eigenvalue weighted by molar-refractivity contribution is 6.30. The highest BCUT2D eigenvalue weighted by Crippen LogP contribution is 2.17. The lowest BCUT2D eigenvalue weighted by atomic mass is 10.1. The summed E-state index contributed by atoms with van der Waals surface area (Å²) in [5, 5.41) is 3.63. The van der Waals surface area contributed by atoms with Gasteiger partial charge in [0.15, 0.2) is 6.54 Å². The first-order valence-electron chi connectivity index (χ1n) is 9.18. The molecular formula is C21H25ClN3O2+. The second-order valence-corrected chi connectivity index (χ2v) is 7.46. The van der Waals surface area contributed by atoms with Crippen molar-refractivity contribution in [3.05, 3.63) is 64.2 Å². The van der Waals surface area contributed by atoms with E-state index in [1.807, 2.05) is 36.9 Å². The Balaban J connectivity index is 1.50. The Morgan fingerprint density at radius 1 is 1.07 bits per heavy atom.